The summed E-state index contributed by atoms with van der Waals surface area (Å²) in [4.78, 5) is 46.7. The van der Waals surface area contributed by atoms with Gasteiger partial charge in [-0.05, 0) is 62.1 Å². The van der Waals surface area contributed by atoms with Gasteiger partial charge >= 0.3 is 0 Å². The van der Waals surface area contributed by atoms with Crippen LogP contribution in [0, 0.1) is 0 Å². The third-order valence-corrected chi connectivity index (χ3v) is 6.70. The minimum Gasteiger partial charge on any atom is -0.352 e. The number of rotatable bonds is 6. The van der Waals surface area contributed by atoms with Crippen molar-refractivity contribution in [2.45, 2.75) is 64.1 Å². The maximum absolute atomic E-state index is 14.0. The fourth-order valence-electron chi connectivity index (χ4n) is 4.69. The van der Waals surface area contributed by atoms with E-state index >= 15 is 0 Å². The number of nitrogens with zero attached hydrogens (tertiary/aromatic N) is 3. The average Bonchev–Trinajstić information content (AvgIpc) is 3.26. The van der Waals surface area contributed by atoms with Crippen molar-refractivity contribution in [2.24, 2.45) is 4.99 Å². The van der Waals surface area contributed by atoms with Gasteiger partial charge in [-0.1, -0.05) is 36.6 Å². The molecule has 1 fully saturated rings. The molecule has 2 heterocycles. The molecule has 1 atom stereocenters. The Bertz CT molecular complexity index is 1040. The van der Waals surface area contributed by atoms with Gasteiger partial charge < -0.3 is 15.1 Å². The van der Waals surface area contributed by atoms with E-state index < -0.39 is 5.54 Å². The van der Waals surface area contributed by atoms with Gasteiger partial charge in [0.2, 0.25) is 11.8 Å². The maximum Gasteiger partial charge on any atom is 0.250 e. The van der Waals surface area contributed by atoms with Crippen molar-refractivity contribution in [1.29, 1.82) is 0 Å². The smallest absolute Gasteiger partial charge is 0.250 e. The van der Waals surface area contributed by atoms with Gasteiger partial charge in [-0.15, -0.1) is 0 Å². The van der Waals surface area contributed by atoms with Gasteiger partial charge in [-0.3, -0.25) is 14.4 Å². The van der Waals surface area contributed by atoms with Crippen molar-refractivity contribution in [3.8, 4) is 0 Å². The lowest BCUT2D eigenvalue weighted by Crippen LogP contribution is -2.61. The zero-order valence-electron chi connectivity index (χ0n) is 19.0. The predicted molar refractivity (Wildman–Crippen MR) is 127 cm³/mol. The molecule has 1 N–H and O–H groups in total. The first-order chi connectivity index (χ1) is 15.7. The highest BCUT2D eigenvalue weighted by Gasteiger charge is 2.47. The highest BCUT2D eigenvalue weighted by Crippen LogP contribution is 2.31. The van der Waals surface area contributed by atoms with Crippen molar-refractivity contribution < 1.29 is 14.4 Å². The van der Waals surface area contributed by atoms with Crippen LogP contribution in [-0.4, -0.2) is 51.5 Å². The zero-order chi connectivity index (χ0) is 23.6. The van der Waals surface area contributed by atoms with E-state index in [0.717, 1.165) is 36.8 Å². The van der Waals surface area contributed by atoms with E-state index in [0.29, 0.717) is 10.9 Å². The summed E-state index contributed by atoms with van der Waals surface area (Å²) in [7, 11) is 0. The number of hydrogen-bond donors (Lipinski definition) is 1. The lowest BCUT2D eigenvalue weighted by molar-refractivity contribution is -0.146. The van der Waals surface area contributed by atoms with Crippen LogP contribution in [0.2, 0.25) is 5.02 Å². The summed E-state index contributed by atoms with van der Waals surface area (Å²) in [5.74, 6) is -0.381. The molecule has 0 unspecified atom stereocenters. The molecule has 3 aliphatic rings. The largest absolute Gasteiger partial charge is 0.352 e. The summed E-state index contributed by atoms with van der Waals surface area (Å²) in [5.41, 5.74) is 0.622. The normalized spacial score (nSPS) is 22.5. The van der Waals surface area contributed by atoms with Crippen molar-refractivity contribution >= 4 is 35.2 Å². The van der Waals surface area contributed by atoms with Crippen LogP contribution in [-0.2, 0) is 20.9 Å². The Morgan fingerprint density at radius 1 is 1.24 bits per heavy atom. The Kier molecular flexibility index (Phi) is 6.70. The molecule has 3 amide bonds. The van der Waals surface area contributed by atoms with Crippen LogP contribution in [0.4, 0.5) is 0 Å². The van der Waals surface area contributed by atoms with Gasteiger partial charge in [-0.25, -0.2) is 0 Å². The predicted octanol–water partition coefficient (Wildman–Crippen LogP) is 3.59. The Balaban J connectivity index is 1.60. The molecule has 0 bridgehead atoms. The number of carbonyl (C=O) groups is 3. The molecule has 1 aromatic rings. The van der Waals surface area contributed by atoms with Crippen LogP contribution >= 0.6 is 11.6 Å². The second-order valence-electron chi connectivity index (χ2n) is 9.23. The summed E-state index contributed by atoms with van der Waals surface area (Å²) in [6, 6.07) is 7.36. The fraction of sp³-hybridized carbons (Fsp3) is 0.440. The van der Waals surface area contributed by atoms with Gasteiger partial charge in [0.1, 0.15) is 11.4 Å². The van der Waals surface area contributed by atoms with Crippen molar-refractivity contribution in [3.63, 3.8) is 0 Å². The standard InChI is InChI=1S/C25H29ClN4O3/c1-17-11-12-30-21(13-17)28-22(31)14-25(30,2)24(33)29(15-18-7-9-19(26)10-8-18)16-23(32)27-20-5-3-4-6-20/h7-13,20H,3-6,14-16H2,1-2H3,(H,27,32)/t25-/m1/s1. The number of amidine groups is 1. The van der Waals surface area contributed by atoms with E-state index in [4.69, 9.17) is 11.6 Å². The van der Waals surface area contributed by atoms with Gasteiger partial charge in [0, 0.05) is 23.8 Å². The minimum atomic E-state index is -1.18. The van der Waals surface area contributed by atoms with Crippen molar-refractivity contribution in [3.05, 3.63) is 58.8 Å². The molecule has 0 saturated heterocycles. The van der Waals surface area contributed by atoms with Gasteiger partial charge in [0.15, 0.2) is 0 Å². The Morgan fingerprint density at radius 2 is 1.94 bits per heavy atom. The van der Waals surface area contributed by atoms with E-state index in [1.165, 1.54) is 4.90 Å². The molecule has 2 aliphatic heterocycles. The maximum atomic E-state index is 14.0. The van der Waals surface area contributed by atoms with Crippen molar-refractivity contribution in [2.75, 3.05) is 6.54 Å². The fourth-order valence-corrected chi connectivity index (χ4v) is 4.81. The third kappa shape index (κ3) is 5.19. The second kappa shape index (κ2) is 9.51. The van der Waals surface area contributed by atoms with Gasteiger partial charge in [0.05, 0.1) is 13.0 Å². The number of amides is 3. The number of benzene rings is 1. The number of nitrogens with one attached hydrogen (secondary N) is 1. The first-order valence-corrected chi connectivity index (χ1v) is 11.7. The van der Waals surface area contributed by atoms with Gasteiger partial charge in [0.25, 0.3) is 5.91 Å². The van der Waals surface area contributed by atoms with Gasteiger partial charge in [-0.2, -0.15) is 4.99 Å². The molecule has 1 saturated carbocycles. The van der Waals surface area contributed by atoms with E-state index in [1.54, 1.807) is 36.2 Å². The van der Waals surface area contributed by atoms with E-state index in [2.05, 4.69) is 10.3 Å². The quantitative estimate of drug-likeness (QED) is 0.691. The third-order valence-electron chi connectivity index (χ3n) is 6.45. The second-order valence-corrected chi connectivity index (χ2v) is 9.66. The Hall–Kier alpha value is -2.93. The molecule has 4 rings (SSSR count). The lowest BCUT2D eigenvalue weighted by atomic mass is 9.89. The summed E-state index contributed by atoms with van der Waals surface area (Å²) < 4.78 is 0. The average molecular weight is 469 g/mol. The molecule has 0 spiro atoms. The molecule has 1 aliphatic carbocycles. The molecule has 7 nitrogen and oxygen atoms in total. The van der Waals surface area contributed by atoms with E-state index in [9.17, 15) is 14.4 Å². The van der Waals surface area contributed by atoms with Crippen LogP contribution in [0.3, 0.4) is 0 Å². The summed E-state index contributed by atoms with van der Waals surface area (Å²) in [6.45, 7) is 3.80. The van der Waals surface area contributed by atoms with Crippen LogP contribution in [0.5, 0.6) is 0 Å². The Labute approximate surface area is 199 Å². The molecule has 8 heteroatoms. The molecule has 174 valence electrons. The summed E-state index contributed by atoms with van der Waals surface area (Å²) >= 11 is 6.02. The lowest BCUT2D eigenvalue weighted by Gasteiger charge is -2.44. The zero-order valence-corrected chi connectivity index (χ0v) is 19.8. The number of fused-ring (bicyclic) bond motifs is 1. The topological polar surface area (TPSA) is 82.1 Å². The van der Waals surface area contributed by atoms with Crippen molar-refractivity contribution in [1.82, 2.24) is 15.1 Å². The SMILES string of the molecule is CC1=CC2=NC(=O)C[C@](C)(C(=O)N(CC(=O)NC3CCCC3)Cc3ccc(Cl)cc3)N2C=C1. The van der Waals surface area contributed by atoms with Crippen LogP contribution in [0.1, 0.15) is 51.5 Å². The molecule has 0 radical (unpaired) electrons. The molecular weight excluding hydrogens is 440 g/mol. The number of halogens is 1. The van der Waals surface area contributed by atoms with E-state index in [-0.39, 0.29) is 43.3 Å². The Morgan fingerprint density at radius 3 is 2.64 bits per heavy atom. The number of hydrogen-bond acceptors (Lipinski definition) is 4. The first-order valence-electron chi connectivity index (χ1n) is 11.4. The minimum absolute atomic E-state index is 0.0616. The van der Waals surface area contributed by atoms with Crippen LogP contribution < -0.4 is 5.32 Å². The number of aliphatic imine (C=N–C) groups is 1. The van der Waals surface area contributed by atoms with Crippen LogP contribution in [0.15, 0.2) is 53.2 Å². The monoisotopic (exact) mass is 468 g/mol. The van der Waals surface area contributed by atoms with Crippen LogP contribution in [0.25, 0.3) is 0 Å². The highest BCUT2D eigenvalue weighted by molar-refractivity contribution is 6.30. The molecule has 0 aromatic heterocycles. The molecule has 33 heavy (non-hydrogen) atoms. The summed E-state index contributed by atoms with van der Waals surface area (Å²) in [5, 5.41) is 3.66. The molecular formula is C25H29ClN4O3. The molecule has 1 aromatic carbocycles. The first kappa shape index (κ1) is 23.2. The highest BCUT2D eigenvalue weighted by atomic mass is 35.5. The summed E-state index contributed by atoms with van der Waals surface area (Å²) in [6.07, 6.45) is 9.55. The number of allylic oxidation sites excluding steroid dienone is 2. The van der Waals surface area contributed by atoms with E-state index in [1.807, 2.05) is 25.1 Å². The number of carbonyl (C=O) groups excluding carboxylic acids is 3.